The Bertz CT molecular complexity index is 959. The highest BCUT2D eigenvalue weighted by Crippen LogP contribution is 2.36. The van der Waals surface area contributed by atoms with Crippen molar-refractivity contribution in [2.75, 3.05) is 25.9 Å². The first-order valence-corrected chi connectivity index (χ1v) is 12.8. The summed E-state index contributed by atoms with van der Waals surface area (Å²) >= 11 is 0. The van der Waals surface area contributed by atoms with Gasteiger partial charge >= 0.3 is 0 Å². The Kier molecular flexibility index (Phi) is 6.75. The Hall–Kier alpha value is -1.69. The van der Waals surface area contributed by atoms with Crippen LogP contribution in [0.3, 0.4) is 0 Å². The summed E-state index contributed by atoms with van der Waals surface area (Å²) in [6, 6.07) is 17.0. The predicted octanol–water partition coefficient (Wildman–Crippen LogP) is 5.50. The van der Waals surface area contributed by atoms with Gasteiger partial charge in [0, 0.05) is 48.9 Å². The number of nitrogens with zero attached hydrogens (tertiary/aromatic N) is 2. The molecule has 0 amide bonds. The molecule has 1 aliphatic heterocycles. The zero-order chi connectivity index (χ0) is 22.1. The number of hydrogen-bond acceptors (Lipinski definition) is 4. The third-order valence-electron chi connectivity index (χ3n) is 6.08. The number of nitrogens with one attached hydrogen (secondary N) is 1. The van der Waals surface area contributed by atoms with Crippen LogP contribution in [0.1, 0.15) is 63.3 Å². The van der Waals surface area contributed by atoms with Gasteiger partial charge < -0.3 is 0 Å². The van der Waals surface area contributed by atoms with Crippen molar-refractivity contribution >= 4 is 9.73 Å². The first kappa shape index (κ1) is 23.0. The summed E-state index contributed by atoms with van der Waals surface area (Å²) in [6.07, 6.45) is 1.48. The lowest BCUT2D eigenvalue weighted by Gasteiger charge is -2.49. The fourth-order valence-corrected chi connectivity index (χ4v) is 5.16. The van der Waals surface area contributed by atoms with E-state index in [-0.39, 0.29) is 5.54 Å². The summed E-state index contributed by atoms with van der Waals surface area (Å²) in [6.45, 7) is 15.4. The van der Waals surface area contributed by atoms with Crippen LogP contribution in [0.25, 0.3) is 0 Å². The van der Waals surface area contributed by atoms with Gasteiger partial charge in [-0.25, -0.2) is 8.99 Å². The Morgan fingerprint density at radius 1 is 1.07 bits per heavy atom. The molecule has 164 valence electrons. The zero-order valence-corrected chi connectivity index (χ0v) is 20.1. The molecule has 0 aliphatic carbocycles. The van der Waals surface area contributed by atoms with Gasteiger partial charge in [-0.3, -0.25) is 9.80 Å². The molecule has 0 saturated carbocycles. The van der Waals surface area contributed by atoms with E-state index in [1.807, 2.05) is 24.3 Å². The van der Waals surface area contributed by atoms with E-state index in [0.717, 1.165) is 26.2 Å². The summed E-state index contributed by atoms with van der Waals surface area (Å²) in [4.78, 5) is 5.79. The molecule has 30 heavy (non-hydrogen) atoms. The van der Waals surface area contributed by atoms with Crippen LogP contribution in [0.4, 0.5) is 0 Å². The minimum atomic E-state index is -2.65. The molecular formula is C25H37N3OS. The summed E-state index contributed by atoms with van der Waals surface area (Å²) in [5.41, 5.74) is 4.21. The molecule has 0 spiro atoms. The maximum atomic E-state index is 12.0. The lowest BCUT2D eigenvalue weighted by atomic mass is 9.88. The minimum Gasteiger partial charge on any atom is -0.296 e. The minimum absolute atomic E-state index is 0.109. The molecule has 0 bridgehead atoms. The van der Waals surface area contributed by atoms with Gasteiger partial charge in [-0.15, -0.1) is 0 Å². The smallest absolute Gasteiger partial charge is 0.0696 e. The lowest BCUT2D eigenvalue weighted by molar-refractivity contribution is 0.00554. The van der Waals surface area contributed by atoms with Crippen molar-refractivity contribution in [1.29, 1.82) is 4.78 Å². The van der Waals surface area contributed by atoms with Crippen molar-refractivity contribution in [2.45, 2.75) is 63.6 Å². The van der Waals surface area contributed by atoms with Gasteiger partial charge in [0.2, 0.25) is 0 Å². The Labute approximate surface area is 183 Å². The first-order valence-electron chi connectivity index (χ1n) is 10.9. The molecule has 1 N–H and O–H groups in total. The van der Waals surface area contributed by atoms with E-state index in [1.165, 1.54) is 22.9 Å². The molecule has 1 heterocycles. The van der Waals surface area contributed by atoms with E-state index in [2.05, 4.69) is 68.7 Å². The highest BCUT2D eigenvalue weighted by molar-refractivity contribution is 7.91. The maximum Gasteiger partial charge on any atom is 0.0696 e. The van der Waals surface area contributed by atoms with Gasteiger partial charge in [-0.05, 0) is 55.5 Å². The Morgan fingerprint density at radius 3 is 2.27 bits per heavy atom. The molecule has 1 aliphatic rings. The van der Waals surface area contributed by atoms with Gasteiger partial charge in [-0.1, -0.05) is 50.2 Å². The largest absolute Gasteiger partial charge is 0.296 e. The normalized spacial score (nSPS) is 21.0. The van der Waals surface area contributed by atoms with Crippen molar-refractivity contribution in [2.24, 2.45) is 0 Å². The van der Waals surface area contributed by atoms with Crippen LogP contribution in [0.2, 0.25) is 0 Å². The number of rotatable bonds is 5. The molecule has 1 fully saturated rings. The van der Waals surface area contributed by atoms with Gasteiger partial charge in [-0.2, -0.15) is 0 Å². The van der Waals surface area contributed by atoms with Crippen LogP contribution in [0.15, 0.2) is 53.4 Å². The molecule has 2 unspecified atom stereocenters. The molecule has 5 heteroatoms. The van der Waals surface area contributed by atoms with Crippen LogP contribution in [-0.2, 0) is 16.3 Å². The van der Waals surface area contributed by atoms with Crippen LogP contribution < -0.4 is 0 Å². The van der Waals surface area contributed by atoms with Crippen molar-refractivity contribution in [1.82, 2.24) is 9.80 Å². The van der Waals surface area contributed by atoms with Gasteiger partial charge in [0.15, 0.2) is 0 Å². The molecule has 0 radical (unpaired) electrons. The number of hydrogen-bond donors (Lipinski definition) is 1. The standard InChI is InChI=1S/C25H37N3OS/c1-19(2)22-9-7-8-10-23(22)24-18-27(15-16-28(24)25(3,4)5)17-20-11-13-21(14-12-20)30(6,26)29/h7-14,19,24,26H,15-18H2,1-6H3. The van der Waals surface area contributed by atoms with Crippen LogP contribution in [0, 0.1) is 4.78 Å². The molecule has 0 aromatic heterocycles. The predicted molar refractivity (Wildman–Crippen MR) is 127 cm³/mol. The van der Waals surface area contributed by atoms with Crippen LogP contribution in [-0.4, -0.2) is 45.4 Å². The second-order valence-electron chi connectivity index (χ2n) is 9.89. The quantitative estimate of drug-likeness (QED) is 0.685. The fraction of sp³-hybridized carbons (Fsp3) is 0.520. The number of piperazine rings is 1. The monoisotopic (exact) mass is 427 g/mol. The van der Waals surface area contributed by atoms with Crippen molar-refractivity contribution < 1.29 is 4.21 Å². The molecule has 2 aromatic carbocycles. The number of benzene rings is 2. The molecule has 2 atom stereocenters. The SMILES string of the molecule is CC(C)c1ccccc1C1CN(Cc2ccc(S(C)(=N)=O)cc2)CCN1C(C)(C)C. The average Bonchev–Trinajstić information content (AvgIpc) is 2.67. The molecule has 4 nitrogen and oxygen atoms in total. The summed E-state index contributed by atoms with van der Waals surface area (Å²) in [5, 5.41) is 0. The highest BCUT2D eigenvalue weighted by atomic mass is 32.2. The van der Waals surface area contributed by atoms with Crippen molar-refractivity contribution in [3.8, 4) is 0 Å². The average molecular weight is 428 g/mol. The second-order valence-corrected chi connectivity index (χ2v) is 12.0. The fourth-order valence-electron chi connectivity index (χ4n) is 4.51. The van der Waals surface area contributed by atoms with E-state index in [9.17, 15) is 4.21 Å². The van der Waals surface area contributed by atoms with E-state index >= 15 is 0 Å². The van der Waals surface area contributed by atoms with E-state index in [4.69, 9.17) is 4.78 Å². The molecular weight excluding hydrogens is 390 g/mol. The molecule has 2 aromatic rings. The lowest BCUT2D eigenvalue weighted by Crippen LogP contribution is -2.55. The Morgan fingerprint density at radius 2 is 1.70 bits per heavy atom. The maximum absolute atomic E-state index is 12.0. The van der Waals surface area contributed by atoms with Gasteiger partial charge in [0.1, 0.15) is 0 Å². The van der Waals surface area contributed by atoms with Crippen LogP contribution in [0.5, 0.6) is 0 Å². The van der Waals surface area contributed by atoms with E-state index in [1.54, 1.807) is 0 Å². The molecule has 1 saturated heterocycles. The summed E-state index contributed by atoms with van der Waals surface area (Å²) in [5.74, 6) is 0.500. The topological polar surface area (TPSA) is 47.4 Å². The van der Waals surface area contributed by atoms with E-state index in [0.29, 0.717) is 16.9 Å². The van der Waals surface area contributed by atoms with Gasteiger partial charge in [0.05, 0.1) is 9.73 Å². The third kappa shape index (κ3) is 5.32. The summed E-state index contributed by atoms with van der Waals surface area (Å²) in [7, 11) is -2.65. The van der Waals surface area contributed by atoms with Crippen LogP contribution >= 0.6 is 0 Å². The van der Waals surface area contributed by atoms with Gasteiger partial charge in [0.25, 0.3) is 0 Å². The van der Waals surface area contributed by atoms with Crippen molar-refractivity contribution in [3.63, 3.8) is 0 Å². The molecule has 3 rings (SSSR count). The summed E-state index contributed by atoms with van der Waals surface area (Å²) < 4.78 is 19.7. The third-order valence-corrected chi connectivity index (χ3v) is 7.25. The zero-order valence-electron chi connectivity index (χ0n) is 19.3. The second kappa shape index (κ2) is 8.81. The highest BCUT2D eigenvalue weighted by Gasteiger charge is 2.35. The first-order chi connectivity index (χ1) is 14.0. The Balaban J connectivity index is 1.85. The van der Waals surface area contributed by atoms with E-state index < -0.39 is 9.73 Å². The van der Waals surface area contributed by atoms with Crippen molar-refractivity contribution in [3.05, 3.63) is 65.2 Å².